The highest BCUT2D eigenvalue weighted by molar-refractivity contribution is 5.60. The van der Waals surface area contributed by atoms with Crippen molar-refractivity contribution >= 4 is 12.2 Å². The summed E-state index contributed by atoms with van der Waals surface area (Å²) in [4.78, 5) is 4.35. The maximum Gasteiger partial charge on any atom is 0.125 e. The Morgan fingerprint density at radius 1 is 0.643 bits per heavy atom. The van der Waals surface area contributed by atoms with Crippen LogP contribution in [-0.4, -0.2) is 88.2 Å². The predicted molar refractivity (Wildman–Crippen MR) is 230 cm³/mol. The number of aliphatic hydroxyl groups is 2. The minimum atomic E-state index is -1.07. The van der Waals surface area contributed by atoms with Crippen LogP contribution in [0.25, 0.3) is 12.2 Å². The Bertz CT molecular complexity index is 1940. The smallest absolute Gasteiger partial charge is 0.125 e. The molecule has 0 aromatic heterocycles. The van der Waals surface area contributed by atoms with Gasteiger partial charge in [-0.1, -0.05) is 78.9 Å². The fourth-order valence-corrected chi connectivity index (χ4v) is 8.76. The first-order chi connectivity index (χ1) is 26.9. The van der Waals surface area contributed by atoms with Crippen molar-refractivity contribution in [2.24, 2.45) is 11.8 Å². The van der Waals surface area contributed by atoms with Crippen LogP contribution in [0.3, 0.4) is 0 Å². The molecule has 0 radical (unpaired) electrons. The topological polar surface area (TPSA) is 74.6 Å². The predicted octanol–water partition coefficient (Wildman–Crippen LogP) is 9.06. The van der Waals surface area contributed by atoms with Gasteiger partial charge in [0.25, 0.3) is 0 Å². The van der Waals surface area contributed by atoms with E-state index in [1.165, 1.54) is 11.1 Å². The number of rotatable bonds is 12. The van der Waals surface area contributed by atoms with E-state index in [9.17, 15) is 10.2 Å². The minimum absolute atomic E-state index is 0.0874. The fraction of sp³-hybridized carbons (Fsp3) is 0.429. The highest BCUT2D eigenvalue weighted by Gasteiger charge is 2.46. The van der Waals surface area contributed by atoms with E-state index in [0.717, 1.165) is 96.7 Å². The molecule has 0 aliphatic heterocycles. The summed E-state index contributed by atoms with van der Waals surface area (Å²) in [5.74, 6) is 2.69. The first-order valence-electron chi connectivity index (χ1n) is 20.0. The first kappa shape index (κ1) is 42.7. The number of aryl methyl sites for hydroxylation is 1. The molecule has 6 rings (SSSR count). The summed E-state index contributed by atoms with van der Waals surface area (Å²) in [6, 6.07) is 32.3. The molecule has 0 saturated heterocycles. The van der Waals surface area contributed by atoms with Crippen molar-refractivity contribution in [3.05, 3.63) is 136 Å². The van der Waals surface area contributed by atoms with Crippen LogP contribution >= 0.6 is 0 Å². The van der Waals surface area contributed by atoms with Gasteiger partial charge in [0.2, 0.25) is 0 Å². The summed E-state index contributed by atoms with van der Waals surface area (Å²) in [5, 5.41) is 24.3. The van der Waals surface area contributed by atoms with Crippen LogP contribution in [0.5, 0.6) is 17.2 Å². The van der Waals surface area contributed by atoms with Crippen molar-refractivity contribution in [2.45, 2.75) is 63.1 Å². The zero-order chi connectivity index (χ0) is 40.3. The van der Waals surface area contributed by atoms with Gasteiger partial charge in [-0.2, -0.15) is 0 Å². The normalized spacial score (nSPS) is 23.9. The Balaban J connectivity index is 0.000000214. The van der Waals surface area contributed by atoms with Gasteiger partial charge in [0.15, 0.2) is 0 Å². The molecule has 2 aliphatic rings. The van der Waals surface area contributed by atoms with Crippen LogP contribution in [-0.2, 0) is 12.0 Å². The molecular weight excluding hydrogens is 697 g/mol. The van der Waals surface area contributed by atoms with Gasteiger partial charge >= 0.3 is 0 Å². The molecule has 2 N–H and O–H groups in total. The van der Waals surface area contributed by atoms with Gasteiger partial charge in [-0.15, -0.1) is 0 Å². The van der Waals surface area contributed by atoms with Crippen molar-refractivity contribution in [1.29, 1.82) is 0 Å². The van der Waals surface area contributed by atoms with Gasteiger partial charge in [-0.25, -0.2) is 0 Å². The summed E-state index contributed by atoms with van der Waals surface area (Å²) < 4.78 is 16.4. The Morgan fingerprint density at radius 2 is 1.18 bits per heavy atom. The monoisotopic (exact) mass is 760 g/mol. The number of methoxy groups -OCH3 is 3. The van der Waals surface area contributed by atoms with Crippen LogP contribution in [0, 0.1) is 18.8 Å². The summed E-state index contributed by atoms with van der Waals surface area (Å²) in [6.45, 7) is 3.83. The van der Waals surface area contributed by atoms with Crippen molar-refractivity contribution in [2.75, 3.05) is 62.6 Å². The molecule has 0 heterocycles. The molecule has 7 nitrogen and oxygen atoms in total. The average Bonchev–Trinajstić information content (AvgIpc) is 3.19. The second-order valence-electron chi connectivity index (χ2n) is 16.1. The van der Waals surface area contributed by atoms with E-state index in [4.69, 9.17) is 14.2 Å². The molecular formula is C49H64N2O5. The average molecular weight is 761 g/mol. The van der Waals surface area contributed by atoms with Gasteiger partial charge in [0.05, 0.1) is 26.9 Å². The van der Waals surface area contributed by atoms with Gasteiger partial charge in [-0.3, -0.25) is 0 Å². The van der Waals surface area contributed by atoms with E-state index in [0.29, 0.717) is 6.42 Å². The highest BCUT2D eigenvalue weighted by atomic mass is 16.5. The van der Waals surface area contributed by atoms with Crippen LogP contribution in [0.2, 0.25) is 0 Å². The van der Waals surface area contributed by atoms with E-state index in [1.54, 1.807) is 21.3 Å². The summed E-state index contributed by atoms with van der Waals surface area (Å²) in [5.41, 5.74) is 5.70. The molecule has 4 aromatic rings. The molecule has 4 unspecified atom stereocenters. The lowest BCUT2D eigenvalue weighted by atomic mass is 9.67. The van der Waals surface area contributed by atoms with E-state index < -0.39 is 11.2 Å². The lowest BCUT2D eigenvalue weighted by Gasteiger charge is -2.44. The molecule has 7 heteroatoms. The molecule has 4 aromatic carbocycles. The molecule has 2 saturated carbocycles. The van der Waals surface area contributed by atoms with E-state index in [1.807, 2.05) is 66.7 Å². The molecule has 2 aliphatic carbocycles. The van der Waals surface area contributed by atoms with Crippen LogP contribution in [0.15, 0.2) is 108 Å². The Hall–Kier alpha value is -4.40. The first-order valence-corrected chi connectivity index (χ1v) is 20.0. The van der Waals surface area contributed by atoms with Crippen molar-refractivity contribution in [3.63, 3.8) is 0 Å². The van der Waals surface area contributed by atoms with Crippen LogP contribution in [0.4, 0.5) is 0 Å². The number of para-hydroxylation sites is 1. The van der Waals surface area contributed by atoms with Gasteiger partial charge < -0.3 is 34.2 Å². The SMILES string of the molecule is COc1cccc(C=C2CCCC(CN(C)C)C2(O)Cc2ccccc2C)c1.COc1cccc(C=C2CCCC(CN(C)C)C2(O)c2ccccc2OC)c1. The molecule has 4 atom stereocenters. The van der Waals surface area contributed by atoms with E-state index in [-0.39, 0.29) is 11.8 Å². The molecule has 300 valence electrons. The van der Waals surface area contributed by atoms with Crippen molar-refractivity contribution in [1.82, 2.24) is 9.80 Å². The quantitative estimate of drug-likeness (QED) is 0.149. The molecule has 2 fully saturated rings. The highest BCUT2D eigenvalue weighted by Crippen LogP contribution is 2.49. The number of nitrogens with zero attached hydrogens (tertiary/aromatic N) is 2. The summed E-state index contributed by atoms with van der Waals surface area (Å²) in [7, 11) is 13.3. The fourth-order valence-electron chi connectivity index (χ4n) is 8.76. The van der Waals surface area contributed by atoms with Gasteiger partial charge in [-0.05, 0) is 137 Å². The molecule has 56 heavy (non-hydrogen) atoms. The van der Waals surface area contributed by atoms with E-state index in [2.05, 4.69) is 87.4 Å². The maximum atomic E-state index is 12.2. The standard InChI is InChI=1S/C25H33NO2.C24H31NO3/c1-19-9-5-6-11-21(19)17-25(27)22(12-8-13-23(25)18-26(2)3)15-20-10-7-14-24(16-20)28-4;1-25(2)17-20-11-8-10-19(15-18-9-7-12-21(16-18)27-3)24(20,26)22-13-5-6-14-23(22)28-4/h5-7,9-11,14-16,23,27H,8,12-13,17-18H2,1-4H3;5-7,9,12-16,20,26H,8,10-11,17H2,1-4H3. The third kappa shape index (κ3) is 10.3. The third-order valence-electron chi connectivity index (χ3n) is 11.6. The second-order valence-corrected chi connectivity index (χ2v) is 16.1. The zero-order valence-corrected chi connectivity index (χ0v) is 34.9. The van der Waals surface area contributed by atoms with Crippen molar-refractivity contribution < 1.29 is 24.4 Å². The largest absolute Gasteiger partial charge is 0.497 e. The molecule has 0 spiro atoms. The number of ether oxygens (including phenoxy) is 3. The number of benzene rings is 4. The van der Waals surface area contributed by atoms with Crippen LogP contribution in [0.1, 0.15) is 66.3 Å². The number of hydrogen-bond donors (Lipinski definition) is 2. The van der Waals surface area contributed by atoms with Crippen LogP contribution < -0.4 is 14.2 Å². The Kier molecular flexibility index (Phi) is 15.0. The lowest BCUT2D eigenvalue weighted by Crippen LogP contribution is -2.48. The third-order valence-corrected chi connectivity index (χ3v) is 11.6. The Morgan fingerprint density at radius 3 is 1.77 bits per heavy atom. The number of hydrogen-bond acceptors (Lipinski definition) is 7. The van der Waals surface area contributed by atoms with E-state index >= 15 is 0 Å². The minimum Gasteiger partial charge on any atom is -0.497 e. The molecule has 0 bridgehead atoms. The second kappa shape index (κ2) is 19.6. The zero-order valence-electron chi connectivity index (χ0n) is 34.9. The van der Waals surface area contributed by atoms with Crippen molar-refractivity contribution in [3.8, 4) is 17.2 Å². The van der Waals surface area contributed by atoms with Gasteiger partial charge in [0.1, 0.15) is 22.8 Å². The molecule has 0 amide bonds. The Labute approximate surface area is 336 Å². The lowest BCUT2D eigenvalue weighted by molar-refractivity contribution is -0.0190. The van der Waals surface area contributed by atoms with Gasteiger partial charge in [0, 0.05) is 36.9 Å². The summed E-state index contributed by atoms with van der Waals surface area (Å²) in [6.07, 6.45) is 11.0. The maximum absolute atomic E-state index is 12.2. The summed E-state index contributed by atoms with van der Waals surface area (Å²) >= 11 is 0.